The Morgan fingerprint density at radius 1 is 1.50 bits per heavy atom. The first-order valence-corrected chi connectivity index (χ1v) is 7.18. The average molecular weight is 314 g/mol. The maximum Gasteiger partial charge on any atom is 0.133 e. The summed E-state index contributed by atoms with van der Waals surface area (Å²) >= 11 is 3.51. The zero-order chi connectivity index (χ0) is 13.0. The fraction of sp³-hybridized carbons (Fsp3) is 0.571. The van der Waals surface area contributed by atoms with Crippen molar-refractivity contribution in [3.63, 3.8) is 0 Å². The van der Waals surface area contributed by atoms with Gasteiger partial charge in [-0.2, -0.15) is 0 Å². The van der Waals surface area contributed by atoms with Crippen LogP contribution in [0.3, 0.4) is 0 Å². The van der Waals surface area contributed by atoms with Gasteiger partial charge in [-0.05, 0) is 58.9 Å². The second-order valence-corrected chi connectivity index (χ2v) is 5.75. The molecule has 0 bridgehead atoms. The minimum absolute atomic E-state index is 0.308. The minimum atomic E-state index is 0.308. The van der Waals surface area contributed by atoms with Crippen molar-refractivity contribution in [3.05, 3.63) is 28.2 Å². The van der Waals surface area contributed by atoms with E-state index in [0.717, 1.165) is 36.3 Å². The summed E-state index contributed by atoms with van der Waals surface area (Å²) in [4.78, 5) is 2.42. The van der Waals surface area contributed by atoms with E-state index in [2.05, 4.69) is 33.0 Å². The molecular weight excluding hydrogens is 294 g/mol. The van der Waals surface area contributed by atoms with Crippen molar-refractivity contribution in [1.29, 1.82) is 0 Å². The van der Waals surface area contributed by atoms with E-state index in [1.165, 1.54) is 12.0 Å². The molecule has 1 aromatic carbocycles. The van der Waals surface area contributed by atoms with Crippen LogP contribution in [0, 0.1) is 5.92 Å². The molecular formula is C14H20BrNO2. The first kappa shape index (κ1) is 13.8. The molecule has 1 fully saturated rings. The van der Waals surface area contributed by atoms with Crippen molar-refractivity contribution in [2.45, 2.75) is 19.4 Å². The molecule has 3 nitrogen and oxygen atoms in total. The summed E-state index contributed by atoms with van der Waals surface area (Å²) in [6.07, 6.45) is 2.34. The van der Waals surface area contributed by atoms with Crippen LogP contribution in [-0.4, -0.2) is 36.8 Å². The molecule has 0 aromatic heterocycles. The number of hydrogen-bond acceptors (Lipinski definition) is 3. The second-order valence-electron chi connectivity index (χ2n) is 4.89. The number of rotatable bonds is 4. The molecule has 1 aliphatic heterocycles. The Morgan fingerprint density at radius 2 is 2.33 bits per heavy atom. The van der Waals surface area contributed by atoms with E-state index in [4.69, 9.17) is 4.74 Å². The van der Waals surface area contributed by atoms with Crippen molar-refractivity contribution >= 4 is 15.9 Å². The smallest absolute Gasteiger partial charge is 0.133 e. The molecule has 0 amide bonds. The Labute approximate surface area is 117 Å². The molecule has 0 aliphatic carbocycles. The van der Waals surface area contributed by atoms with Crippen LogP contribution in [0.4, 0.5) is 0 Å². The van der Waals surface area contributed by atoms with Crippen molar-refractivity contribution in [1.82, 2.24) is 4.90 Å². The molecule has 1 saturated heterocycles. The number of aliphatic hydroxyl groups is 1. The molecule has 100 valence electrons. The first-order chi connectivity index (χ1) is 8.72. The number of nitrogens with zero attached hydrogens (tertiary/aromatic N) is 1. The molecule has 1 heterocycles. The molecule has 4 heteroatoms. The van der Waals surface area contributed by atoms with Gasteiger partial charge in [0.2, 0.25) is 0 Å². The van der Waals surface area contributed by atoms with Crippen LogP contribution in [-0.2, 0) is 6.54 Å². The maximum absolute atomic E-state index is 9.24. The van der Waals surface area contributed by atoms with Gasteiger partial charge in [-0.25, -0.2) is 0 Å². The number of likely N-dealkylation sites (tertiary alicyclic amines) is 1. The van der Waals surface area contributed by atoms with Gasteiger partial charge < -0.3 is 9.84 Å². The van der Waals surface area contributed by atoms with Crippen molar-refractivity contribution in [3.8, 4) is 5.75 Å². The topological polar surface area (TPSA) is 32.7 Å². The SMILES string of the molecule is COc1ccc(CN2CCC[C@H](CO)C2)cc1Br. The number of piperidine rings is 1. The molecule has 18 heavy (non-hydrogen) atoms. The van der Waals surface area contributed by atoms with E-state index < -0.39 is 0 Å². The third-order valence-corrected chi connectivity index (χ3v) is 4.10. The molecule has 0 radical (unpaired) electrons. The van der Waals surface area contributed by atoms with Gasteiger partial charge in [0, 0.05) is 19.7 Å². The van der Waals surface area contributed by atoms with Crippen molar-refractivity contribution in [2.75, 3.05) is 26.8 Å². The summed E-state index contributed by atoms with van der Waals surface area (Å²) in [6, 6.07) is 6.21. The van der Waals surface area contributed by atoms with Crippen LogP contribution in [0.15, 0.2) is 22.7 Å². The van der Waals surface area contributed by atoms with Crippen molar-refractivity contribution in [2.24, 2.45) is 5.92 Å². The van der Waals surface area contributed by atoms with Gasteiger partial charge in [-0.3, -0.25) is 4.90 Å². The quantitative estimate of drug-likeness (QED) is 0.927. The summed E-state index contributed by atoms with van der Waals surface area (Å²) in [5, 5.41) is 9.24. The third-order valence-electron chi connectivity index (χ3n) is 3.48. The number of hydrogen-bond donors (Lipinski definition) is 1. The van der Waals surface area contributed by atoms with Gasteiger partial charge in [0.15, 0.2) is 0 Å². The lowest BCUT2D eigenvalue weighted by Crippen LogP contribution is -2.36. The van der Waals surface area contributed by atoms with Crippen molar-refractivity contribution < 1.29 is 9.84 Å². The first-order valence-electron chi connectivity index (χ1n) is 6.38. The van der Waals surface area contributed by atoms with E-state index in [-0.39, 0.29) is 0 Å². The molecule has 1 atom stereocenters. The third kappa shape index (κ3) is 3.46. The predicted octanol–water partition coefficient (Wildman–Crippen LogP) is 2.66. The van der Waals surface area contributed by atoms with Crippen LogP contribution < -0.4 is 4.74 Å². The zero-order valence-electron chi connectivity index (χ0n) is 10.7. The van der Waals surface area contributed by atoms with E-state index >= 15 is 0 Å². The molecule has 0 unspecified atom stereocenters. The normalized spacial score (nSPS) is 20.9. The van der Waals surface area contributed by atoms with Crippen LogP contribution in [0.1, 0.15) is 18.4 Å². The van der Waals surface area contributed by atoms with Gasteiger partial charge >= 0.3 is 0 Å². The Morgan fingerprint density at radius 3 is 3.00 bits per heavy atom. The summed E-state index contributed by atoms with van der Waals surface area (Å²) in [7, 11) is 1.68. The summed E-state index contributed by atoms with van der Waals surface area (Å²) < 4.78 is 6.23. The fourth-order valence-corrected chi connectivity index (χ4v) is 3.10. The highest BCUT2D eigenvalue weighted by atomic mass is 79.9. The molecule has 0 spiro atoms. The monoisotopic (exact) mass is 313 g/mol. The molecule has 2 rings (SSSR count). The van der Waals surface area contributed by atoms with E-state index in [1.54, 1.807) is 7.11 Å². The lowest BCUT2D eigenvalue weighted by Gasteiger charge is -2.31. The minimum Gasteiger partial charge on any atom is -0.496 e. The summed E-state index contributed by atoms with van der Waals surface area (Å²) in [5.41, 5.74) is 1.28. The van der Waals surface area contributed by atoms with E-state index in [0.29, 0.717) is 12.5 Å². The Balaban J connectivity index is 1.98. The highest BCUT2D eigenvalue weighted by Crippen LogP contribution is 2.26. The van der Waals surface area contributed by atoms with Crippen LogP contribution in [0.5, 0.6) is 5.75 Å². The lowest BCUT2D eigenvalue weighted by molar-refractivity contribution is 0.116. The van der Waals surface area contributed by atoms with Crippen LogP contribution >= 0.6 is 15.9 Å². The Bertz CT molecular complexity index is 397. The Kier molecular flexibility index (Phi) is 5.03. The van der Waals surface area contributed by atoms with Crippen LogP contribution in [0.2, 0.25) is 0 Å². The van der Waals surface area contributed by atoms with Gasteiger partial charge in [0.05, 0.1) is 11.6 Å². The summed E-state index contributed by atoms with van der Waals surface area (Å²) in [6.45, 7) is 3.38. The van der Waals surface area contributed by atoms with E-state index in [9.17, 15) is 5.11 Å². The lowest BCUT2D eigenvalue weighted by atomic mass is 9.98. The molecule has 0 saturated carbocycles. The highest BCUT2D eigenvalue weighted by Gasteiger charge is 2.19. The Hall–Kier alpha value is -0.580. The largest absolute Gasteiger partial charge is 0.496 e. The molecule has 1 aliphatic rings. The number of benzene rings is 1. The number of aliphatic hydroxyl groups excluding tert-OH is 1. The number of ether oxygens (including phenoxy) is 1. The fourth-order valence-electron chi connectivity index (χ4n) is 2.51. The standard InChI is InChI=1S/C14H20BrNO2/c1-18-14-5-4-11(7-13(14)15)8-16-6-2-3-12(9-16)10-17/h4-5,7,12,17H,2-3,6,8-10H2,1H3/t12-/m0/s1. The van der Waals surface area contributed by atoms with E-state index in [1.807, 2.05) is 6.07 Å². The highest BCUT2D eigenvalue weighted by molar-refractivity contribution is 9.10. The number of halogens is 1. The predicted molar refractivity (Wildman–Crippen MR) is 75.8 cm³/mol. The van der Waals surface area contributed by atoms with Gasteiger partial charge in [-0.1, -0.05) is 6.07 Å². The molecule has 1 N–H and O–H groups in total. The maximum atomic E-state index is 9.24. The number of methoxy groups -OCH3 is 1. The zero-order valence-corrected chi connectivity index (χ0v) is 12.3. The van der Waals surface area contributed by atoms with Crippen LogP contribution in [0.25, 0.3) is 0 Å². The summed E-state index contributed by atoms with van der Waals surface area (Å²) in [5.74, 6) is 1.31. The average Bonchev–Trinajstić information content (AvgIpc) is 2.39. The van der Waals surface area contributed by atoms with Gasteiger partial charge in [0.25, 0.3) is 0 Å². The van der Waals surface area contributed by atoms with Gasteiger partial charge in [0.1, 0.15) is 5.75 Å². The second kappa shape index (κ2) is 6.55. The molecule has 1 aromatic rings. The van der Waals surface area contributed by atoms with Gasteiger partial charge in [-0.15, -0.1) is 0 Å².